The number of carbonyl (C=O) groups excluding carboxylic acids is 1. The number of amides is 1. The molecular formula is C21H27N5O2. The van der Waals surface area contributed by atoms with Crippen LogP contribution in [0.4, 0.5) is 10.6 Å². The first-order chi connectivity index (χ1) is 13.0. The molecular weight excluding hydrogens is 354 g/mol. The Morgan fingerprint density at radius 1 is 1.32 bits per heavy atom. The first-order valence-electron chi connectivity index (χ1n) is 9.42. The van der Waals surface area contributed by atoms with Crippen molar-refractivity contribution in [2.75, 3.05) is 12.3 Å². The Balaban J connectivity index is 1.99. The molecule has 2 heterocycles. The van der Waals surface area contributed by atoms with Gasteiger partial charge in [-0.15, -0.1) is 0 Å². The first kappa shape index (κ1) is 19.7. The summed E-state index contributed by atoms with van der Waals surface area (Å²) >= 11 is 0. The molecule has 1 aliphatic heterocycles. The Kier molecular flexibility index (Phi) is 4.84. The van der Waals surface area contributed by atoms with Crippen molar-refractivity contribution in [1.82, 2.24) is 14.7 Å². The molecule has 7 nitrogen and oxygen atoms in total. The SMILES string of the molecule is Cc1cc(-n2nc3c(c2N)[C@H](C)N(C(=O)OC(C)(C)C)CC3)cc(C)c1C#N. The standard InChI is InChI=1S/C21H27N5O2/c1-12-9-15(10-13(2)16(12)11-22)26-19(23)18-14(3)25(8-7-17(18)24-26)20(27)28-21(4,5)6/h9-10,14H,7-8,23H2,1-6H3/t14-/m0/s1. The van der Waals surface area contributed by atoms with Crippen LogP contribution < -0.4 is 5.73 Å². The normalized spacial score (nSPS) is 16.5. The highest BCUT2D eigenvalue weighted by Gasteiger charge is 2.35. The van der Waals surface area contributed by atoms with Crippen molar-refractivity contribution in [2.24, 2.45) is 0 Å². The average molecular weight is 381 g/mol. The number of carbonyl (C=O) groups is 1. The van der Waals surface area contributed by atoms with Gasteiger partial charge in [-0.25, -0.2) is 9.48 Å². The molecule has 0 bridgehead atoms. The predicted octanol–water partition coefficient (Wildman–Crippen LogP) is 3.80. The fourth-order valence-electron chi connectivity index (χ4n) is 3.71. The summed E-state index contributed by atoms with van der Waals surface area (Å²) in [4.78, 5) is 14.3. The van der Waals surface area contributed by atoms with Crippen molar-refractivity contribution in [3.63, 3.8) is 0 Å². The quantitative estimate of drug-likeness (QED) is 0.810. The lowest BCUT2D eigenvalue weighted by Gasteiger charge is -2.34. The Bertz CT molecular complexity index is 955. The molecule has 148 valence electrons. The summed E-state index contributed by atoms with van der Waals surface area (Å²) in [6.45, 7) is 11.8. The van der Waals surface area contributed by atoms with E-state index in [1.807, 2.05) is 53.7 Å². The maximum absolute atomic E-state index is 12.6. The highest BCUT2D eigenvalue weighted by atomic mass is 16.6. The Hall–Kier alpha value is -3.01. The molecule has 1 aromatic heterocycles. The van der Waals surface area contributed by atoms with Gasteiger partial charge in [-0.2, -0.15) is 10.4 Å². The summed E-state index contributed by atoms with van der Waals surface area (Å²) in [5, 5.41) is 14.0. The number of ether oxygens (including phenoxy) is 1. The molecule has 0 saturated carbocycles. The number of aryl methyl sites for hydroxylation is 2. The Morgan fingerprint density at radius 2 is 1.93 bits per heavy atom. The molecule has 0 radical (unpaired) electrons. The van der Waals surface area contributed by atoms with Crippen molar-refractivity contribution in [3.8, 4) is 11.8 Å². The van der Waals surface area contributed by atoms with Gasteiger partial charge in [0.15, 0.2) is 0 Å². The number of nitrogen functional groups attached to an aromatic ring is 1. The minimum atomic E-state index is -0.551. The summed E-state index contributed by atoms with van der Waals surface area (Å²) in [7, 11) is 0. The molecule has 3 rings (SSSR count). The first-order valence-corrected chi connectivity index (χ1v) is 9.42. The van der Waals surface area contributed by atoms with E-state index in [-0.39, 0.29) is 12.1 Å². The second-order valence-electron chi connectivity index (χ2n) is 8.32. The lowest BCUT2D eigenvalue weighted by Crippen LogP contribution is -2.42. The van der Waals surface area contributed by atoms with Gasteiger partial charge >= 0.3 is 6.09 Å². The third-order valence-corrected chi connectivity index (χ3v) is 5.01. The molecule has 1 atom stereocenters. The predicted molar refractivity (Wildman–Crippen MR) is 107 cm³/mol. The smallest absolute Gasteiger partial charge is 0.410 e. The number of nitrogens with two attached hydrogens (primary N) is 1. The lowest BCUT2D eigenvalue weighted by molar-refractivity contribution is 0.0160. The van der Waals surface area contributed by atoms with E-state index in [0.29, 0.717) is 24.3 Å². The number of benzene rings is 1. The highest BCUT2D eigenvalue weighted by molar-refractivity contribution is 5.70. The summed E-state index contributed by atoms with van der Waals surface area (Å²) in [6, 6.07) is 5.83. The van der Waals surface area contributed by atoms with Crippen LogP contribution in [0.25, 0.3) is 5.69 Å². The van der Waals surface area contributed by atoms with E-state index in [2.05, 4.69) is 6.07 Å². The Labute approximate surface area is 165 Å². The molecule has 0 aliphatic carbocycles. The van der Waals surface area contributed by atoms with Gasteiger partial charge in [-0.05, 0) is 64.8 Å². The zero-order valence-electron chi connectivity index (χ0n) is 17.3. The number of anilines is 1. The number of fused-ring (bicyclic) bond motifs is 1. The monoisotopic (exact) mass is 381 g/mol. The zero-order chi connectivity index (χ0) is 20.8. The molecule has 0 unspecified atom stereocenters. The second kappa shape index (κ2) is 6.86. The summed E-state index contributed by atoms with van der Waals surface area (Å²) in [5.74, 6) is 0.513. The van der Waals surface area contributed by atoms with Gasteiger partial charge in [-0.1, -0.05) is 0 Å². The molecule has 0 fully saturated rings. The maximum Gasteiger partial charge on any atom is 0.410 e. The molecule has 0 spiro atoms. The maximum atomic E-state index is 12.6. The minimum Gasteiger partial charge on any atom is -0.444 e. The molecule has 0 saturated heterocycles. The Morgan fingerprint density at radius 3 is 2.46 bits per heavy atom. The van der Waals surface area contributed by atoms with Gasteiger partial charge in [0.2, 0.25) is 0 Å². The number of hydrogen-bond acceptors (Lipinski definition) is 5. The number of rotatable bonds is 1. The van der Waals surface area contributed by atoms with Crippen LogP contribution in [0.2, 0.25) is 0 Å². The van der Waals surface area contributed by atoms with Crippen LogP contribution in [0.15, 0.2) is 12.1 Å². The molecule has 28 heavy (non-hydrogen) atoms. The fraction of sp³-hybridized carbons (Fsp3) is 0.476. The topological polar surface area (TPSA) is 97.2 Å². The number of nitriles is 1. The van der Waals surface area contributed by atoms with E-state index in [1.54, 1.807) is 9.58 Å². The van der Waals surface area contributed by atoms with Crippen molar-refractivity contribution in [1.29, 1.82) is 5.26 Å². The van der Waals surface area contributed by atoms with Gasteiger partial charge in [0.05, 0.1) is 29.1 Å². The number of hydrogen-bond donors (Lipinski definition) is 1. The number of aromatic nitrogens is 2. The van der Waals surface area contributed by atoms with Gasteiger partial charge in [0.1, 0.15) is 11.4 Å². The lowest BCUT2D eigenvalue weighted by atomic mass is 10.00. The van der Waals surface area contributed by atoms with Crippen LogP contribution >= 0.6 is 0 Å². The van der Waals surface area contributed by atoms with Crippen LogP contribution in [0.3, 0.4) is 0 Å². The van der Waals surface area contributed by atoms with E-state index in [0.717, 1.165) is 28.1 Å². The van der Waals surface area contributed by atoms with Crippen LogP contribution in [0.5, 0.6) is 0 Å². The molecule has 1 aliphatic rings. The molecule has 1 aromatic carbocycles. The van der Waals surface area contributed by atoms with E-state index < -0.39 is 5.60 Å². The van der Waals surface area contributed by atoms with Crippen molar-refractivity contribution in [3.05, 3.63) is 40.1 Å². The molecule has 1 amide bonds. The molecule has 7 heteroatoms. The molecule has 2 aromatic rings. The van der Waals surface area contributed by atoms with Crippen LogP contribution in [0, 0.1) is 25.2 Å². The summed E-state index contributed by atoms with van der Waals surface area (Å²) in [6.07, 6.45) is 0.271. The van der Waals surface area contributed by atoms with Gasteiger partial charge in [0.25, 0.3) is 0 Å². The van der Waals surface area contributed by atoms with Gasteiger partial charge in [0, 0.05) is 18.5 Å². The van der Waals surface area contributed by atoms with E-state index in [4.69, 9.17) is 15.6 Å². The van der Waals surface area contributed by atoms with Crippen LogP contribution in [0.1, 0.15) is 61.7 Å². The molecule has 2 N–H and O–H groups in total. The van der Waals surface area contributed by atoms with E-state index in [9.17, 15) is 10.1 Å². The van der Waals surface area contributed by atoms with Crippen LogP contribution in [-0.4, -0.2) is 32.9 Å². The summed E-state index contributed by atoms with van der Waals surface area (Å²) in [5.41, 5.74) is 10.9. The highest BCUT2D eigenvalue weighted by Crippen LogP contribution is 2.36. The van der Waals surface area contributed by atoms with E-state index in [1.165, 1.54) is 0 Å². The third kappa shape index (κ3) is 3.42. The zero-order valence-corrected chi connectivity index (χ0v) is 17.3. The number of nitrogens with zero attached hydrogens (tertiary/aromatic N) is 4. The van der Waals surface area contributed by atoms with Crippen molar-refractivity contribution < 1.29 is 9.53 Å². The van der Waals surface area contributed by atoms with Gasteiger partial charge in [-0.3, -0.25) is 0 Å². The second-order valence-corrected chi connectivity index (χ2v) is 8.32. The van der Waals surface area contributed by atoms with Crippen molar-refractivity contribution in [2.45, 2.75) is 59.6 Å². The van der Waals surface area contributed by atoms with E-state index >= 15 is 0 Å². The summed E-state index contributed by atoms with van der Waals surface area (Å²) < 4.78 is 7.25. The van der Waals surface area contributed by atoms with Crippen molar-refractivity contribution >= 4 is 11.9 Å². The van der Waals surface area contributed by atoms with Gasteiger partial charge < -0.3 is 15.4 Å². The average Bonchev–Trinajstić information content (AvgIpc) is 2.91. The minimum absolute atomic E-state index is 0.229. The third-order valence-electron chi connectivity index (χ3n) is 5.01. The van der Waals surface area contributed by atoms with Crippen LogP contribution in [-0.2, 0) is 11.2 Å². The fourth-order valence-corrected chi connectivity index (χ4v) is 3.71. The largest absolute Gasteiger partial charge is 0.444 e.